The number of hydrogen-bond donors (Lipinski definition) is 1. The maximum Gasteiger partial charge on any atom is 0.260 e. The summed E-state index contributed by atoms with van der Waals surface area (Å²) in [7, 11) is 1.62. The molecule has 0 aliphatic heterocycles. The van der Waals surface area contributed by atoms with Crippen LogP contribution in [-0.4, -0.2) is 11.7 Å². The Balaban J connectivity index is 2.34. The number of ether oxygens (including phenoxy) is 1. The second kappa shape index (κ2) is 6.50. The second-order valence-electron chi connectivity index (χ2n) is 5.12. The number of pyridine rings is 1. The standard InChI is InChI=1S/C19H18N2O2/c1-23-18-10-6-5-9-16(18)17-12-11-14(13-20)19(22)21(17)15-7-3-2-4-8-15/h2-12H,13,20H2,1H3. The lowest BCUT2D eigenvalue weighted by molar-refractivity contribution is 0.416. The molecule has 23 heavy (non-hydrogen) atoms. The summed E-state index contributed by atoms with van der Waals surface area (Å²) < 4.78 is 7.13. The van der Waals surface area contributed by atoms with E-state index in [2.05, 4.69) is 0 Å². The van der Waals surface area contributed by atoms with Crippen molar-refractivity contribution in [3.8, 4) is 22.7 Å². The van der Waals surface area contributed by atoms with Crippen LogP contribution in [0.3, 0.4) is 0 Å². The molecule has 0 spiro atoms. The molecule has 2 N–H and O–H groups in total. The van der Waals surface area contributed by atoms with Crippen molar-refractivity contribution >= 4 is 0 Å². The number of aromatic nitrogens is 1. The summed E-state index contributed by atoms with van der Waals surface area (Å²) >= 11 is 0. The van der Waals surface area contributed by atoms with E-state index >= 15 is 0 Å². The normalized spacial score (nSPS) is 10.5. The minimum atomic E-state index is -0.109. The molecule has 0 fully saturated rings. The summed E-state index contributed by atoms with van der Waals surface area (Å²) in [6, 6.07) is 20.9. The van der Waals surface area contributed by atoms with Crippen molar-refractivity contribution in [3.63, 3.8) is 0 Å². The molecule has 0 aliphatic rings. The zero-order valence-electron chi connectivity index (χ0n) is 12.9. The predicted octanol–water partition coefficient (Wildman–Crippen LogP) is 2.97. The molecule has 116 valence electrons. The Labute approximate surface area is 134 Å². The number of hydrogen-bond acceptors (Lipinski definition) is 3. The van der Waals surface area contributed by atoms with Crippen LogP contribution in [0, 0.1) is 0 Å². The Bertz CT molecular complexity index is 870. The van der Waals surface area contributed by atoms with E-state index in [0.29, 0.717) is 5.56 Å². The van der Waals surface area contributed by atoms with Gasteiger partial charge in [-0.1, -0.05) is 36.4 Å². The van der Waals surface area contributed by atoms with E-state index in [4.69, 9.17) is 10.5 Å². The first-order valence-corrected chi connectivity index (χ1v) is 7.40. The second-order valence-corrected chi connectivity index (χ2v) is 5.12. The van der Waals surface area contributed by atoms with E-state index in [1.165, 1.54) is 0 Å². The molecule has 0 atom stereocenters. The Morgan fingerprint density at radius 3 is 2.35 bits per heavy atom. The van der Waals surface area contributed by atoms with Crippen molar-refractivity contribution in [2.45, 2.75) is 6.54 Å². The maximum atomic E-state index is 12.8. The Hall–Kier alpha value is -2.85. The SMILES string of the molecule is COc1ccccc1-c1ccc(CN)c(=O)n1-c1ccccc1. The molecule has 3 rings (SSSR count). The quantitative estimate of drug-likeness (QED) is 0.806. The molecular formula is C19H18N2O2. The highest BCUT2D eigenvalue weighted by atomic mass is 16.5. The lowest BCUT2D eigenvalue weighted by Crippen LogP contribution is -2.25. The van der Waals surface area contributed by atoms with Crippen LogP contribution in [0.4, 0.5) is 0 Å². The van der Waals surface area contributed by atoms with E-state index in [9.17, 15) is 4.79 Å². The van der Waals surface area contributed by atoms with Crippen LogP contribution in [0.5, 0.6) is 5.75 Å². The van der Waals surface area contributed by atoms with Crippen LogP contribution >= 0.6 is 0 Å². The van der Waals surface area contributed by atoms with Gasteiger partial charge in [-0.25, -0.2) is 0 Å². The summed E-state index contributed by atoms with van der Waals surface area (Å²) in [5.74, 6) is 0.720. The number of benzene rings is 2. The van der Waals surface area contributed by atoms with Crippen molar-refractivity contribution in [1.82, 2.24) is 4.57 Å². The van der Waals surface area contributed by atoms with Crippen LogP contribution in [0.1, 0.15) is 5.56 Å². The van der Waals surface area contributed by atoms with Gasteiger partial charge in [-0.2, -0.15) is 0 Å². The number of nitrogens with zero attached hydrogens (tertiary/aromatic N) is 1. The summed E-state index contributed by atoms with van der Waals surface area (Å²) in [5.41, 5.74) is 8.61. The molecule has 0 saturated heterocycles. The molecule has 0 radical (unpaired) electrons. The first kappa shape index (κ1) is 15.1. The highest BCUT2D eigenvalue weighted by Crippen LogP contribution is 2.30. The zero-order chi connectivity index (χ0) is 16.2. The molecule has 3 aromatic rings. The Morgan fingerprint density at radius 1 is 0.957 bits per heavy atom. The molecule has 0 bridgehead atoms. The fourth-order valence-electron chi connectivity index (χ4n) is 2.63. The molecule has 0 aliphatic carbocycles. The van der Waals surface area contributed by atoms with E-state index in [1.807, 2.05) is 60.7 Å². The Kier molecular flexibility index (Phi) is 4.26. The van der Waals surface area contributed by atoms with E-state index in [1.54, 1.807) is 17.7 Å². The van der Waals surface area contributed by atoms with Crippen molar-refractivity contribution in [2.75, 3.05) is 7.11 Å². The lowest BCUT2D eigenvalue weighted by Gasteiger charge is -2.16. The molecule has 0 saturated carbocycles. The third kappa shape index (κ3) is 2.76. The third-order valence-corrected chi connectivity index (χ3v) is 3.78. The van der Waals surface area contributed by atoms with Gasteiger partial charge < -0.3 is 10.5 Å². The summed E-state index contributed by atoms with van der Waals surface area (Å²) in [5, 5.41) is 0. The van der Waals surface area contributed by atoms with Crippen molar-refractivity contribution in [2.24, 2.45) is 5.73 Å². The molecular weight excluding hydrogens is 288 g/mol. The van der Waals surface area contributed by atoms with Crippen molar-refractivity contribution in [1.29, 1.82) is 0 Å². The minimum Gasteiger partial charge on any atom is -0.496 e. The molecule has 1 aromatic heterocycles. The van der Waals surface area contributed by atoms with Gasteiger partial charge in [-0.05, 0) is 30.3 Å². The van der Waals surface area contributed by atoms with Crippen LogP contribution < -0.4 is 16.0 Å². The van der Waals surface area contributed by atoms with Gasteiger partial charge in [0.2, 0.25) is 0 Å². The highest BCUT2D eigenvalue weighted by molar-refractivity contribution is 5.69. The van der Waals surface area contributed by atoms with Gasteiger partial charge in [0.05, 0.1) is 12.8 Å². The monoisotopic (exact) mass is 306 g/mol. The number of nitrogens with two attached hydrogens (primary N) is 1. The summed E-state index contributed by atoms with van der Waals surface area (Å²) in [4.78, 5) is 12.8. The molecule has 0 unspecified atom stereocenters. The third-order valence-electron chi connectivity index (χ3n) is 3.78. The molecule has 4 nitrogen and oxygen atoms in total. The maximum absolute atomic E-state index is 12.8. The zero-order valence-corrected chi connectivity index (χ0v) is 12.9. The number of methoxy groups -OCH3 is 1. The van der Waals surface area contributed by atoms with E-state index in [-0.39, 0.29) is 12.1 Å². The van der Waals surface area contributed by atoms with Crippen LogP contribution in [0.15, 0.2) is 71.5 Å². The van der Waals surface area contributed by atoms with Crippen LogP contribution in [-0.2, 0) is 6.54 Å². The van der Waals surface area contributed by atoms with Gasteiger partial charge in [0, 0.05) is 23.4 Å². The fourth-order valence-corrected chi connectivity index (χ4v) is 2.63. The van der Waals surface area contributed by atoms with E-state index < -0.39 is 0 Å². The molecule has 0 amide bonds. The van der Waals surface area contributed by atoms with Gasteiger partial charge in [0.15, 0.2) is 0 Å². The average Bonchev–Trinajstić information content (AvgIpc) is 2.62. The number of rotatable bonds is 4. The van der Waals surface area contributed by atoms with Gasteiger partial charge in [-0.3, -0.25) is 9.36 Å². The average molecular weight is 306 g/mol. The first-order chi connectivity index (χ1) is 11.3. The van der Waals surface area contributed by atoms with Crippen molar-refractivity contribution < 1.29 is 4.74 Å². The van der Waals surface area contributed by atoms with Crippen molar-refractivity contribution in [3.05, 3.63) is 82.6 Å². The fraction of sp³-hybridized carbons (Fsp3) is 0.105. The minimum absolute atomic E-state index is 0.109. The van der Waals surface area contributed by atoms with Gasteiger partial charge in [-0.15, -0.1) is 0 Å². The topological polar surface area (TPSA) is 57.2 Å². The van der Waals surface area contributed by atoms with E-state index in [0.717, 1.165) is 22.7 Å². The summed E-state index contributed by atoms with van der Waals surface area (Å²) in [6.45, 7) is 0.206. The molecule has 1 heterocycles. The van der Waals surface area contributed by atoms with Gasteiger partial charge in [0.1, 0.15) is 5.75 Å². The number of para-hydroxylation sites is 2. The van der Waals surface area contributed by atoms with Crippen LogP contribution in [0.25, 0.3) is 16.9 Å². The summed E-state index contributed by atoms with van der Waals surface area (Å²) in [6.07, 6.45) is 0. The van der Waals surface area contributed by atoms with Gasteiger partial charge >= 0.3 is 0 Å². The Morgan fingerprint density at radius 2 is 1.65 bits per heavy atom. The molecule has 2 aromatic carbocycles. The predicted molar refractivity (Wildman–Crippen MR) is 91.9 cm³/mol. The van der Waals surface area contributed by atoms with Gasteiger partial charge in [0.25, 0.3) is 5.56 Å². The molecule has 4 heteroatoms. The largest absolute Gasteiger partial charge is 0.496 e. The first-order valence-electron chi connectivity index (χ1n) is 7.40. The smallest absolute Gasteiger partial charge is 0.260 e. The van der Waals surface area contributed by atoms with Crippen LogP contribution in [0.2, 0.25) is 0 Å². The lowest BCUT2D eigenvalue weighted by atomic mass is 10.1. The highest BCUT2D eigenvalue weighted by Gasteiger charge is 2.14.